The average molecular weight is 1480 g/mol. The van der Waals surface area contributed by atoms with Gasteiger partial charge in [-0.2, -0.15) is 4.98 Å². The minimum atomic E-state index is -4.28. The molecule has 2 saturated carbocycles. The number of halogens is 2. The average Bonchev–Trinajstić information content (AvgIpc) is 1.62. The molecule has 6 aliphatic rings. The van der Waals surface area contributed by atoms with Crippen LogP contribution in [0.3, 0.4) is 0 Å². The van der Waals surface area contributed by atoms with Crippen molar-refractivity contribution >= 4 is 131 Å². The van der Waals surface area contributed by atoms with Crippen molar-refractivity contribution in [1.29, 1.82) is 0 Å². The van der Waals surface area contributed by atoms with Gasteiger partial charge in [0.15, 0.2) is 70.1 Å². The molecule has 1 aromatic carbocycles. The molecule has 4 bridgehead atoms. The second-order valence-electron chi connectivity index (χ2n) is 22.0. The van der Waals surface area contributed by atoms with E-state index in [-0.39, 0.29) is 85.3 Å². The zero-order valence-electron chi connectivity index (χ0n) is 47.5. The van der Waals surface area contributed by atoms with Gasteiger partial charge in [0.25, 0.3) is 5.56 Å². The lowest BCUT2D eigenvalue weighted by molar-refractivity contribution is -0.0566. The largest absolute Gasteiger partial charge is 0.471 e. The molecule has 0 amide bonds. The van der Waals surface area contributed by atoms with Crippen LogP contribution in [-0.4, -0.2) is 178 Å². The molecule has 510 valence electrons. The number of hydrogen-bond acceptors (Lipinski definition) is 30. The zero-order chi connectivity index (χ0) is 65.0. The summed E-state index contributed by atoms with van der Waals surface area (Å²) in [5.74, 6) is -0.107. The number of rotatable bonds is 7. The number of fused-ring (bicyclic) bond motifs is 10. The number of nitrogen functional groups attached to an aromatic ring is 2. The Hall–Kier alpha value is -5.55. The number of nitrogens with zero attached hydrogens (tertiary/aromatic N) is 15. The van der Waals surface area contributed by atoms with Crippen molar-refractivity contribution in [2.24, 2.45) is 5.92 Å². The van der Waals surface area contributed by atoms with Crippen LogP contribution in [0.1, 0.15) is 64.7 Å². The number of H-pyrrole nitrogens is 1. The number of anilines is 2. The molecule has 95 heavy (non-hydrogen) atoms. The number of benzene rings is 1. The summed E-state index contributed by atoms with van der Waals surface area (Å²) in [6.45, 7) is -15.7. The number of ether oxygens (including phenoxy) is 3. The highest BCUT2D eigenvalue weighted by atomic mass is 32.7. The van der Waals surface area contributed by atoms with Crippen LogP contribution in [0.2, 0.25) is 0 Å². The van der Waals surface area contributed by atoms with Crippen molar-refractivity contribution in [2.75, 3.05) is 24.7 Å². The third-order valence-corrected chi connectivity index (χ3v) is 22.7. The molecule has 9 N–H and O–H groups in total. The molecular weight excluding hydrogens is 1410 g/mol. The molecule has 0 radical (unpaired) electrons. The second-order valence-corrected chi connectivity index (χ2v) is 33.2. The van der Waals surface area contributed by atoms with Crippen molar-refractivity contribution in [3.8, 4) is 5.88 Å². The molecule has 15 rings (SSSR count). The van der Waals surface area contributed by atoms with Gasteiger partial charge in [-0.3, -0.25) is 27.5 Å². The number of alkyl halides is 2. The number of imidazole rings is 4. The van der Waals surface area contributed by atoms with Crippen molar-refractivity contribution < 1.29 is 83.5 Å². The molecule has 12 heterocycles. The molecule has 6 fully saturated rings. The number of hydrogen-bond donors (Lipinski definition) is 8. The maximum absolute atomic E-state index is 16.2. The molecular formula is C50H60F2N18O17P4S4. The molecule has 35 nitrogen and oxygen atoms in total. The second kappa shape index (κ2) is 26.9. The first-order valence-corrected chi connectivity index (χ1v) is 38.5. The van der Waals surface area contributed by atoms with Gasteiger partial charge in [-0.05, 0) is 47.4 Å². The van der Waals surface area contributed by atoms with E-state index < -0.39 is 143 Å². The number of aromatic nitrogens is 16. The smallest absolute Gasteiger partial charge is 0.386 e. The van der Waals surface area contributed by atoms with Crippen molar-refractivity contribution in [3.63, 3.8) is 0 Å². The Balaban J connectivity index is 0.000000180. The van der Waals surface area contributed by atoms with Crippen LogP contribution in [-0.2, 0) is 92.3 Å². The lowest BCUT2D eigenvalue weighted by Crippen LogP contribution is -2.37. The van der Waals surface area contributed by atoms with Gasteiger partial charge in [0.2, 0.25) is 5.88 Å². The van der Waals surface area contributed by atoms with Gasteiger partial charge >= 0.3 is 27.0 Å². The molecule has 8 aromatic heterocycles. The first-order chi connectivity index (χ1) is 44.4. The van der Waals surface area contributed by atoms with E-state index in [2.05, 4.69) is 72.1 Å². The van der Waals surface area contributed by atoms with Crippen LogP contribution in [0.5, 0.6) is 5.88 Å². The first-order valence-electron chi connectivity index (χ1n) is 28.0. The van der Waals surface area contributed by atoms with Crippen molar-refractivity contribution in [2.45, 2.75) is 133 Å². The molecule has 20 atom stereocenters. The Kier molecular flexibility index (Phi) is 19.7. The van der Waals surface area contributed by atoms with E-state index >= 15 is 8.78 Å². The standard InChI is InChI=1S/C28H30FN9O8P2S2.C20H22FN9O9P2S2.2CH4/c1-14-17-7-16(37-12-36-21-26(37)33-11-34-27(21)41-8-15-5-3-2-4-6-15)22(14)45-47(39,49)42-9-18-23(46-48(40,50)44-17)19(29)28(43-18)38-13-35-20-24(30)31-10-32-25(20)38;21-10-15-9(36-20(10)30-6-27-11-16(22)23-3-24-17(11)30)2-35-40(33,42)38-14-7(1-8(13(14)31)37-41(34,43)39-15)29-5-28-12-18(29)25-4-26-19(12)32;;/h2-6,10-14,16-19,22-23,28H,7-9H2,1H3,(H,39,49)(H,40,50)(H2,30,31,32);3-10,13-15,20,31H,1-2H2,(H,33,42)(H,34,43)(H2,22,23,24)(H,25,26,32);2*1H4/t14-,16-,17+,18-,19-,22-,23-,28-,47?,48?;7-,8+,9-,10-,13-,14+,15-,20-,40?,41?;;/m11../s1. The van der Waals surface area contributed by atoms with E-state index in [0.717, 1.165) is 5.56 Å². The van der Waals surface area contributed by atoms with Crippen LogP contribution in [0, 0.1) is 5.92 Å². The van der Waals surface area contributed by atoms with E-state index in [9.17, 15) is 29.1 Å². The molecule has 4 unspecified atom stereocenters. The number of aliphatic hydroxyl groups excluding tert-OH is 1. The third kappa shape index (κ3) is 13.5. The Morgan fingerprint density at radius 2 is 1.09 bits per heavy atom. The molecule has 4 aliphatic heterocycles. The van der Waals surface area contributed by atoms with Crippen LogP contribution < -0.4 is 21.8 Å². The maximum Gasteiger partial charge on any atom is 0.386 e. The highest BCUT2D eigenvalue weighted by Crippen LogP contribution is 2.63. The van der Waals surface area contributed by atoms with Crippen molar-refractivity contribution in [1.82, 2.24) is 78.1 Å². The quantitative estimate of drug-likeness (QED) is 0.0763. The predicted octanol–water partition coefficient (Wildman–Crippen LogP) is 5.06. The predicted molar refractivity (Wildman–Crippen MR) is 345 cm³/mol. The van der Waals surface area contributed by atoms with Gasteiger partial charge in [0.05, 0.1) is 75.2 Å². The minimum Gasteiger partial charge on any atom is -0.471 e. The molecule has 9 aromatic rings. The summed E-state index contributed by atoms with van der Waals surface area (Å²) in [7, 11) is 0. The van der Waals surface area contributed by atoms with Crippen LogP contribution in [0.25, 0.3) is 44.7 Å². The lowest BCUT2D eigenvalue weighted by atomic mass is 10.1. The summed E-state index contributed by atoms with van der Waals surface area (Å²) in [5.41, 5.74) is 14.0. The van der Waals surface area contributed by atoms with Crippen molar-refractivity contribution in [3.05, 3.63) is 96.9 Å². The first kappa shape index (κ1) is 69.4. The maximum atomic E-state index is 16.2. The number of nitrogens with one attached hydrogen (secondary N) is 1. The number of aromatic amines is 1. The van der Waals surface area contributed by atoms with Crippen LogP contribution >= 0.6 is 39.2 Å². The molecule has 4 saturated heterocycles. The monoisotopic (exact) mass is 1470 g/mol. The summed E-state index contributed by atoms with van der Waals surface area (Å²) in [6, 6.07) is 8.13. The Labute approximate surface area is 556 Å². The van der Waals surface area contributed by atoms with E-state index in [1.54, 1.807) is 17.8 Å². The highest BCUT2D eigenvalue weighted by molar-refractivity contribution is 8.44. The Bertz CT molecular complexity index is 4590. The lowest BCUT2D eigenvalue weighted by Gasteiger charge is -2.31. The van der Waals surface area contributed by atoms with E-state index in [0.29, 0.717) is 11.2 Å². The van der Waals surface area contributed by atoms with E-state index in [1.165, 1.54) is 58.0 Å². The fraction of sp³-hybridized carbons (Fsp3) is 0.480. The third-order valence-electron chi connectivity index (χ3n) is 16.4. The topological polar surface area (TPSA) is 446 Å². The fourth-order valence-electron chi connectivity index (χ4n) is 12.1. The van der Waals surface area contributed by atoms with E-state index in [4.69, 9.17) is 97.3 Å². The number of thiol groups is 1. The number of aliphatic hydroxyl groups is 1. The molecule has 45 heteroatoms. The normalized spacial score (nSPS) is 35.7. The highest BCUT2D eigenvalue weighted by Gasteiger charge is 2.57. The van der Waals surface area contributed by atoms with Gasteiger partial charge in [-0.25, -0.2) is 63.2 Å². The Morgan fingerprint density at radius 3 is 1.69 bits per heavy atom. The summed E-state index contributed by atoms with van der Waals surface area (Å²) in [5, 5.41) is 11.2. The van der Waals surface area contributed by atoms with Gasteiger partial charge < -0.3 is 82.2 Å². The summed E-state index contributed by atoms with van der Waals surface area (Å²) < 4.78 is 116. The van der Waals surface area contributed by atoms with Gasteiger partial charge in [-0.1, -0.05) is 64.4 Å². The SMILES string of the molecule is C.C.C[C@H]1[C@H]2OP(O)(=S)OC[C@H]3O[C@@H](n4cnc5c(N)ncnc54)[C@H](F)[C@@H]3OP(=O)(S)O[C@H]1C[C@H]2n1cnc2c(OCc3ccccc3)ncnc21.Nc1ncnc2c1ncn2[C@@H]1O[C@@H]2COP(O)(=S)O[C@@H]3[C@H](O)[C@H](C[C@H]3n3cnc4c(=O)[nH]cnc43)OP(O)(=S)O[C@H]2[C@H]1F. The summed E-state index contributed by atoms with van der Waals surface area (Å²) in [4.78, 5) is 93.8. The molecule has 2 aliphatic carbocycles. The van der Waals surface area contributed by atoms with E-state index in [1.807, 2.05) is 30.3 Å². The van der Waals surface area contributed by atoms with Gasteiger partial charge in [0, 0.05) is 12.3 Å². The zero-order valence-corrected chi connectivity index (χ0v) is 54.4. The Morgan fingerprint density at radius 1 is 0.611 bits per heavy atom. The van der Waals surface area contributed by atoms with Crippen LogP contribution in [0.4, 0.5) is 20.4 Å². The number of nitrogens with two attached hydrogens (primary N) is 2. The van der Waals surface area contributed by atoms with Gasteiger partial charge in [-0.15, -0.1) is 0 Å². The van der Waals surface area contributed by atoms with Crippen LogP contribution in [0.15, 0.2) is 85.7 Å². The summed E-state index contributed by atoms with van der Waals surface area (Å²) in [6.07, 6.45) is -7.63. The molecule has 0 spiro atoms. The minimum absolute atomic E-state index is 0. The fourth-order valence-corrected chi connectivity index (χ4v) is 18.7. The van der Waals surface area contributed by atoms with Gasteiger partial charge in [0.1, 0.15) is 73.2 Å². The summed E-state index contributed by atoms with van der Waals surface area (Å²) >= 11 is 20.2.